The van der Waals surface area contributed by atoms with Crippen LogP contribution in [-0.4, -0.2) is 14.9 Å². The predicted molar refractivity (Wildman–Crippen MR) is 61.4 cm³/mol. The molecular weight excluding hydrogens is 211 g/mol. The number of aliphatic hydroxyl groups excluding tert-OH is 1. The molecule has 0 aliphatic rings. The van der Waals surface area contributed by atoms with Crippen LogP contribution in [-0.2, 0) is 6.42 Å². The summed E-state index contributed by atoms with van der Waals surface area (Å²) in [6.07, 6.45) is 1.17. The molecule has 0 aromatic heterocycles. The van der Waals surface area contributed by atoms with Gasteiger partial charge >= 0.3 is 0 Å². The maximum atomic E-state index is 9.46. The predicted octanol–water partition coefficient (Wildman–Crippen LogP) is 2.71. The Hall–Kier alpha value is -0.890. The van der Waals surface area contributed by atoms with Crippen molar-refractivity contribution in [2.75, 3.05) is 0 Å². The smallest absolute Gasteiger partial charge is 0.236 e. The van der Waals surface area contributed by atoms with Crippen LogP contribution >= 0.6 is 8.38 Å². The summed E-state index contributed by atoms with van der Waals surface area (Å²) in [5, 5.41) is 9.46. The Morgan fingerprint density at radius 2 is 1.80 bits per heavy atom. The van der Waals surface area contributed by atoms with Crippen molar-refractivity contribution < 1.29 is 14.9 Å². The van der Waals surface area contributed by atoms with E-state index in [-0.39, 0.29) is 5.50 Å². The standard InChI is InChI=1S/C11H15O3P/c1-2-10(11(12)15(13)14)8-9-6-4-3-5-7-9/h3-7,12-14H,2,8H2,1H3. The van der Waals surface area contributed by atoms with Crippen LogP contribution in [0.3, 0.4) is 0 Å². The molecule has 0 radical (unpaired) electrons. The summed E-state index contributed by atoms with van der Waals surface area (Å²) in [5.74, 6) is 0. The fourth-order valence-electron chi connectivity index (χ4n) is 1.35. The maximum absolute atomic E-state index is 9.46. The summed E-state index contributed by atoms with van der Waals surface area (Å²) >= 11 is 0. The number of hydrogen-bond donors (Lipinski definition) is 3. The Morgan fingerprint density at radius 1 is 1.20 bits per heavy atom. The van der Waals surface area contributed by atoms with Crippen molar-refractivity contribution in [2.24, 2.45) is 0 Å². The van der Waals surface area contributed by atoms with Gasteiger partial charge in [0.2, 0.25) is 8.38 Å². The van der Waals surface area contributed by atoms with Gasteiger partial charge in [0.05, 0.1) is 0 Å². The van der Waals surface area contributed by atoms with E-state index in [1.165, 1.54) is 0 Å². The Morgan fingerprint density at radius 3 is 2.27 bits per heavy atom. The number of aliphatic hydroxyl groups is 1. The van der Waals surface area contributed by atoms with Gasteiger partial charge in [-0.2, -0.15) is 0 Å². The average Bonchev–Trinajstić information content (AvgIpc) is 2.26. The van der Waals surface area contributed by atoms with Crippen LogP contribution in [0, 0.1) is 0 Å². The molecule has 82 valence electrons. The van der Waals surface area contributed by atoms with Gasteiger partial charge in [-0.1, -0.05) is 37.3 Å². The second-order valence-corrected chi connectivity index (χ2v) is 4.24. The SMILES string of the molecule is CCC(Cc1ccccc1)=C(O)P(O)O. The summed E-state index contributed by atoms with van der Waals surface area (Å²) < 4.78 is 0. The molecular formula is C11H15O3P. The minimum atomic E-state index is -2.37. The lowest BCUT2D eigenvalue weighted by Gasteiger charge is -2.09. The van der Waals surface area contributed by atoms with Crippen LogP contribution in [0.4, 0.5) is 0 Å². The normalized spacial score (nSPS) is 12.8. The minimum absolute atomic E-state index is 0.267. The van der Waals surface area contributed by atoms with Gasteiger partial charge in [0.25, 0.3) is 0 Å². The topological polar surface area (TPSA) is 60.7 Å². The van der Waals surface area contributed by atoms with Gasteiger partial charge in [-0.05, 0) is 24.0 Å². The zero-order valence-electron chi connectivity index (χ0n) is 8.59. The molecule has 0 saturated carbocycles. The van der Waals surface area contributed by atoms with Crippen molar-refractivity contribution in [1.82, 2.24) is 0 Å². The molecule has 0 aliphatic carbocycles. The molecule has 1 rings (SSSR count). The molecule has 0 unspecified atom stereocenters. The number of benzene rings is 1. The second-order valence-electron chi connectivity index (χ2n) is 3.23. The number of allylic oxidation sites excluding steroid dienone is 1. The van der Waals surface area contributed by atoms with Crippen molar-refractivity contribution in [1.29, 1.82) is 0 Å². The molecule has 0 atom stereocenters. The van der Waals surface area contributed by atoms with E-state index in [0.717, 1.165) is 5.56 Å². The molecule has 0 bridgehead atoms. The number of rotatable bonds is 4. The molecule has 0 amide bonds. The first-order chi connectivity index (χ1) is 7.15. The van der Waals surface area contributed by atoms with Crippen LogP contribution in [0.5, 0.6) is 0 Å². The van der Waals surface area contributed by atoms with Crippen LogP contribution < -0.4 is 0 Å². The van der Waals surface area contributed by atoms with Crippen molar-refractivity contribution in [3.8, 4) is 0 Å². The number of hydrogen-bond acceptors (Lipinski definition) is 3. The highest BCUT2D eigenvalue weighted by atomic mass is 31.2. The summed E-state index contributed by atoms with van der Waals surface area (Å²) in [6.45, 7) is 1.88. The summed E-state index contributed by atoms with van der Waals surface area (Å²) in [4.78, 5) is 17.8. The van der Waals surface area contributed by atoms with E-state index in [9.17, 15) is 5.11 Å². The van der Waals surface area contributed by atoms with Gasteiger partial charge in [-0.15, -0.1) is 0 Å². The van der Waals surface area contributed by atoms with Crippen LogP contribution in [0.25, 0.3) is 0 Å². The zero-order chi connectivity index (χ0) is 11.3. The summed E-state index contributed by atoms with van der Waals surface area (Å²) in [5.41, 5.74) is 1.46. The van der Waals surface area contributed by atoms with Crippen molar-refractivity contribution >= 4 is 8.38 Å². The lowest BCUT2D eigenvalue weighted by molar-refractivity contribution is 0.394. The van der Waals surface area contributed by atoms with Crippen molar-refractivity contribution in [3.63, 3.8) is 0 Å². The van der Waals surface area contributed by atoms with Gasteiger partial charge in [0.1, 0.15) is 0 Å². The quantitative estimate of drug-likeness (QED) is 0.546. The van der Waals surface area contributed by atoms with Crippen LogP contribution in [0.2, 0.25) is 0 Å². The zero-order valence-corrected chi connectivity index (χ0v) is 9.48. The van der Waals surface area contributed by atoms with Gasteiger partial charge in [-0.25, -0.2) is 0 Å². The van der Waals surface area contributed by atoms with E-state index in [1.54, 1.807) is 0 Å². The fraction of sp³-hybridized carbons (Fsp3) is 0.273. The lowest BCUT2D eigenvalue weighted by Crippen LogP contribution is -1.94. The molecule has 3 N–H and O–H groups in total. The highest BCUT2D eigenvalue weighted by Gasteiger charge is 2.12. The van der Waals surface area contributed by atoms with E-state index in [2.05, 4.69) is 0 Å². The molecule has 0 heterocycles. The molecule has 0 fully saturated rings. The minimum Gasteiger partial charge on any atom is -0.503 e. The van der Waals surface area contributed by atoms with Gasteiger partial charge in [0, 0.05) is 0 Å². The molecule has 0 spiro atoms. The third kappa shape index (κ3) is 3.63. The first-order valence-corrected chi connectivity index (χ1v) is 6.02. The Bertz CT molecular complexity index is 333. The van der Waals surface area contributed by atoms with E-state index < -0.39 is 8.38 Å². The third-order valence-electron chi connectivity index (χ3n) is 2.19. The molecule has 1 aromatic rings. The molecule has 0 aliphatic heterocycles. The molecule has 0 saturated heterocycles. The summed E-state index contributed by atoms with van der Waals surface area (Å²) in [6, 6.07) is 9.64. The monoisotopic (exact) mass is 226 g/mol. The van der Waals surface area contributed by atoms with Crippen molar-refractivity contribution in [2.45, 2.75) is 19.8 Å². The lowest BCUT2D eigenvalue weighted by atomic mass is 10.0. The van der Waals surface area contributed by atoms with E-state index in [1.807, 2.05) is 37.3 Å². The Balaban J connectivity index is 2.83. The third-order valence-corrected chi connectivity index (χ3v) is 2.89. The largest absolute Gasteiger partial charge is 0.503 e. The van der Waals surface area contributed by atoms with Crippen LogP contribution in [0.1, 0.15) is 18.9 Å². The van der Waals surface area contributed by atoms with Crippen LogP contribution in [0.15, 0.2) is 41.4 Å². The first kappa shape index (κ1) is 12.2. The van der Waals surface area contributed by atoms with Gasteiger partial charge < -0.3 is 14.9 Å². The Kier molecular flexibility index (Phi) is 4.76. The first-order valence-electron chi connectivity index (χ1n) is 4.78. The van der Waals surface area contributed by atoms with Crippen molar-refractivity contribution in [3.05, 3.63) is 47.0 Å². The van der Waals surface area contributed by atoms with E-state index >= 15 is 0 Å². The van der Waals surface area contributed by atoms with E-state index in [4.69, 9.17) is 9.79 Å². The highest BCUT2D eigenvalue weighted by Crippen LogP contribution is 2.36. The second kappa shape index (κ2) is 5.86. The molecule has 15 heavy (non-hydrogen) atoms. The Labute approximate surface area is 90.6 Å². The van der Waals surface area contributed by atoms with Gasteiger partial charge in [0.15, 0.2) is 5.50 Å². The van der Waals surface area contributed by atoms with E-state index in [0.29, 0.717) is 18.4 Å². The molecule has 1 aromatic carbocycles. The van der Waals surface area contributed by atoms with Gasteiger partial charge in [-0.3, -0.25) is 0 Å². The average molecular weight is 226 g/mol. The molecule has 4 heteroatoms. The summed E-state index contributed by atoms with van der Waals surface area (Å²) in [7, 11) is -2.37. The highest BCUT2D eigenvalue weighted by molar-refractivity contribution is 7.49. The molecule has 3 nitrogen and oxygen atoms in total. The maximum Gasteiger partial charge on any atom is 0.236 e. The fourth-order valence-corrected chi connectivity index (χ4v) is 1.87.